The van der Waals surface area contributed by atoms with E-state index in [1.807, 2.05) is 4.90 Å². The van der Waals surface area contributed by atoms with E-state index in [9.17, 15) is 4.79 Å². The lowest BCUT2D eigenvalue weighted by Crippen LogP contribution is -2.48. The molecule has 1 rings (SSSR count). The van der Waals surface area contributed by atoms with Gasteiger partial charge in [0.15, 0.2) is 0 Å². The molecule has 1 aliphatic heterocycles. The standard InChI is InChI=1S/C11H22N2O2/c1-9(2)8-10(3)12-11(14)13-4-6-15-7-5-13/h9-10H,4-8H2,1-3H3,(H,12,14). The van der Waals surface area contributed by atoms with Gasteiger partial charge in [0, 0.05) is 19.1 Å². The zero-order valence-electron chi connectivity index (χ0n) is 9.95. The molecule has 0 bridgehead atoms. The molecule has 4 nitrogen and oxygen atoms in total. The first-order valence-corrected chi connectivity index (χ1v) is 5.72. The first-order valence-electron chi connectivity index (χ1n) is 5.72. The van der Waals surface area contributed by atoms with Crippen LogP contribution in [0.2, 0.25) is 0 Å². The molecule has 0 aromatic heterocycles. The fourth-order valence-electron chi connectivity index (χ4n) is 1.83. The Bertz CT molecular complexity index is 201. The average Bonchev–Trinajstić information content (AvgIpc) is 2.17. The summed E-state index contributed by atoms with van der Waals surface area (Å²) in [4.78, 5) is 13.6. The number of rotatable bonds is 3. The minimum Gasteiger partial charge on any atom is -0.378 e. The maximum Gasteiger partial charge on any atom is 0.317 e. The van der Waals surface area contributed by atoms with Gasteiger partial charge in [0.05, 0.1) is 13.2 Å². The summed E-state index contributed by atoms with van der Waals surface area (Å²) in [5, 5.41) is 3.01. The smallest absolute Gasteiger partial charge is 0.317 e. The van der Waals surface area contributed by atoms with Gasteiger partial charge in [0.2, 0.25) is 0 Å². The van der Waals surface area contributed by atoms with Gasteiger partial charge in [0.1, 0.15) is 0 Å². The van der Waals surface area contributed by atoms with Crippen LogP contribution in [-0.4, -0.2) is 43.3 Å². The molecule has 1 saturated heterocycles. The van der Waals surface area contributed by atoms with Gasteiger partial charge < -0.3 is 15.0 Å². The highest BCUT2D eigenvalue weighted by Gasteiger charge is 2.18. The van der Waals surface area contributed by atoms with Crippen molar-refractivity contribution in [1.82, 2.24) is 10.2 Å². The normalized spacial score (nSPS) is 19.1. The highest BCUT2D eigenvalue weighted by atomic mass is 16.5. The van der Waals surface area contributed by atoms with Crippen LogP contribution in [0.4, 0.5) is 4.79 Å². The molecule has 0 aromatic rings. The zero-order chi connectivity index (χ0) is 11.3. The molecule has 88 valence electrons. The Balaban J connectivity index is 2.27. The number of ether oxygens (including phenoxy) is 1. The van der Waals surface area contributed by atoms with E-state index in [-0.39, 0.29) is 12.1 Å². The van der Waals surface area contributed by atoms with Crippen LogP contribution in [0.1, 0.15) is 27.2 Å². The van der Waals surface area contributed by atoms with Gasteiger partial charge in [-0.25, -0.2) is 4.79 Å². The van der Waals surface area contributed by atoms with E-state index in [2.05, 4.69) is 26.1 Å². The second-order valence-electron chi connectivity index (χ2n) is 4.58. The Morgan fingerprint density at radius 2 is 1.93 bits per heavy atom. The second kappa shape index (κ2) is 5.95. The minimum absolute atomic E-state index is 0.0476. The predicted molar refractivity (Wildman–Crippen MR) is 59.8 cm³/mol. The Hall–Kier alpha value is -0.770. The number of amides is 2. The van der Waals surface area contributed by atoms with Crippen molar-refractivity contribution in [2.75, 3.05) is 26.3 Å². The summed E-state index contributed by atoms with van der Waals surface area (Å²) in [6, 6.07) is 0.298. The number of nitrogens with zero attached hydrogens (tertiary/aromatic N) is 1. The molecule has 1 fully saturated rings. The maximum absolute atomic E-state index is 11.7. The van der Waals surface area contributed by atoms with E-state index in [4.69, 9.17) is 4.74 Å². The molecule has 1 aliphatic rings. The van der Waals surface area contributed by atoms with Crippen LogP contribution in [0.3, 0.4) is 0 Å². The molecule has 0 saturated carbocycles. The Morgan fingerprint density at radius 1 is 1.33 bits per heavy atom. The quantitative estimate of drug-likeness (QED) is 0.773. The third-order valence-corrected chi connectivity index (χ3v) is 2.49. The SMILES string of the molecule is CC(C)CC(C)NC(=O)N1CCOCC1. The van der Waals surface area contributed by atoms with Crippen molar-refractivity contribution in [3.05, 3.63) is 0 Å². The minimum atomic E-state index is 0.0476. The van der Waals surface area contributed by atoms with Crippen LogP contribution in [0.15, 0.2) is 0 Å². The van der Waals surface area contributed by atoms with E-state index in [1.165, 1.54) is 0 Å². The molecule has 2 amide bonds. The van der Waals surface area contributed by atoms with Crippen molar-refractivity contribution >= 4 is 6.03 Å². The van der Waals surface area contributed by atoms with Crippen molar-refractivity contribution in [3.63, 3.8) is 0 Å². The second-order valence-corrected chi connectivity index (χ2v) is 4.58. The Kier molecular flexibility index (Phi) is 4.88. The van der Waals surface area contributed by atoms with Crippen LogP contribution in [-0.2, 0) is 4.74 Å². The molecular formula is C11H22N2O2. The molecule has 0 spiro atoms. The maximum atomic E-state index is 11.7. The van der Waals surface area contributed by atoms with Crippen LogP contribution >= 0.6 is 0 Å². The number of carbonyl (C=O) groups is 1. The lowest BCUT2D eigenvalue weighted by atomic mass is 10.1. The molecule has 0 aromatic carbocycles. The van der Waals surface area contributed by atoms with Gasteiger partial charge in [-0.15, -0.1) is 0 Å². The summed E-state index contributed by atoms with van der Waals surface area (Å²) in [6.45, 7) is 9.12. The zero-order valence-corrected chi connectivity index (χ0v) is 9.95. The summed E-state index contributed by atoms with van der Waals surface area (Å²) in [7, 11) is 0. The van der Waals surface area contributed by atoms with Gasteiger partial charge in [-0.05, 0) is 19.3 Å². The highest BCUT2D eigenvalue weighted by Crippen LogP contribution is 2.05. The van der Waals surface area contributed by atoms with Crippen molar-refractivity contribution in [3.8, 4) is 0 Å². The van der Waals surface area contributed by atoms with E-state index < -0.39 is 0 Å². The summed E-state index contributed by atoms with van der Waals surface area (Å²) < 4.78 is 5.20. The first kappa shape index (κ1) is 12.3. The average molecular weight is 214 g/mol. The van der Waals surface area contributed by atoms with Gasteiger partial charge in [-0.3, -0.25) is 0 Å². The molecule has 0 radical (unpaired) electrons. The molecule has 4 heteroatoms. The molecule has 1 unspecified atom stereocenters. The van der Waals surface area contributed by atoms with E-state index in [0.717, 1.165) is 6.42 Å². The molecule has 15 heavy (non-hydrogen) atoms. The number of urea groups is 1. The van der Waals surface area contributed by atoms with Crippen LogP contribution < -0.4 is 5.32 Å². The van der Waals surface area contributed by atoms with Crippen LogP contribution in [0.25, 0.3) is 0 Å². The molecular weight excluding hydrogens is 192 g/mol. The van der Waals surface area contributed by atoms with Crippen molar-refractivity contribution < 1.29 is 9.53 Å². The molecule has 1 heterocycles. The summed E-state index contributed by atoms with van der Waals surface area (Å²) in [6.07, 6.45) is 1.02. The fraction of sp³-hybridized carbons (Fsp3) is 0.909. The Labute approximate surface area is 92.0 Å². The van der Waals surface area contributed by atoms with Crippen LogP contribution in [0, 0.1) is 5.92 Å². The predicted octanol–water partition coefficient (Wildman–Crippen LogP) is 1.46. The number of carbonyl (C=O) groups excluding carboxylic acids is 1. The van der Waals surface area contributed by atoms with Crippen molar-refractivity contribution in [2.24, 2.45) is 5.92 Å². The number of morpholine rings is 1. The number of hydrogen-bond acceptors (Lipinski definition) is 2. The van der Waals surface area contributed by atoms with Gasteiger partial charge in [0.25, 0.3) is 0 Å². The topological polar surface area (TPSA) is 41.6 Å². The van der Waals surface area contributed by atoms with Gasteiger partial charge in [-0.2, -0.15) is 0 Å². The fourth-order valence-corrected chi connectivity index (χ4v) is 1.83. The molecule has 1 atom stereocenters. The van der Waals surface area contributed by atoms with E-state index in [1.54, 1.807) is 0 Å². The third-order valence-electron chi connectivity index (χ3n) is 2.49. The highest BCUT2D eigenvalue weighted by molar-refractivity contribution is 5.74. The molecule has 1 N–H and O–H groups in total. The van der Waals surface area contributed by atoms with E-state index >= 15 is 0 Å². The third kappa shape index (κ3) is 4.51. The van der Waals surface area contributed by atoms with Crippen LogP contribution in [0.5, 0.6) is 0 Å². The van der Waals surface area contributed by atoms with Crippen molar-refractivity contribution in [1.29, 1.82) is 0 Å². The molecule has 0 aliphatic carbocycles. The van der Waals surface area contributed by atoms with Crippen molar-refractivity contribution in [2.45, 2.75) is 33.2 Å². The largest absolute Gasteiger partial charge is 0.378 e. The van der Waals surface area contributed by atoms with Gasteiger partial charge in [-0.1, -0.05) is 13.8 Å². The summed E-state index contributed by atoms with van der Waals surface area (Å²) >= 11 is 0. The summed E-state index contributed by atoms with van der Waals surface area (Å²) in [5.74, 6) is 0.616. The number of hydrogen-bond donors (Lipinski definition) is 1. The van der Waals surface area contributed by atoms with Gasteiger partial charge >= 0.3 is 6.03 Å². The first-order chi connectivity index (χ1) is 7.09. The lowest BCUT2D eigenvalue weighted by molar-refractivity contribution is 0.0525. The Morgan fingerprint density at radius 3 is 2.47 bits per heavy atom. The monoisotopic (exact) mass is 214 g/mol. The lowest BCUT2D eigenvalue weighted by Gasteiger charge is -2.28. The summed E-state index contributed by atoms with van der Waals surface area (Å²) in [5.41, 5.74) is 0. The number of nitrogens with one attached hydrogen (secondary N) is 1. The van der Waals surface area contributed by atoms with E-state index in [0.29, 0.717) is 32.2 Å².